The van der Waals surface area contributed by atoms with Crippen LogP contribution in [0.15, 0.2) is 103 Å². The van der Waals surface area contributed by atoms with Gasteiger partial charge in [-0.25, -0.2) is 0 Å². The maximum Gasteiger partial charge on any atom is 0.258 e. The Morgan fingerprint density at radius 1 is 0.733 bits per heavy atom. The highest BCUT2D eigenvalue weighted by Crippen LogP contribution is 2.42. The van der Waals surface area contributed by atoms with E-state index in [1.165, 1.54) is 11.1 Å². The molecule has 5 rings (SSSR count). The summed E-state index contributed by atoms with van der Waals surface area (Å²) in [5.74, 6) is 0.0456. The van der Waals surface area contributed by atoms with E-state index in [0.717, 1.165) is 16.8 Å². The van der Waals surface area contributed by atoms with Gasteiger partial charge in [0.05, 0.1) is 6.54 Å². The molecule has 0 aliphatic carbocycles. The highest BCUT2D eigenvalue weighted by Gasteiger charge is 2.31. The zero-order valence-electron chi connectivity index (χ0n) is 16.3. The summed E-state index contributed by atoms with van der Waals surface area (Å²) in [4.78, 5) is 15.5. The minimum Gasteiger partial charge on any atom is -0.304 e. The highest BCUT2D eigenvalue weighted by atomic mass is 35.5. The second kappa shape index (κ2) is 7.81. The zero-order valence-corrected chi connectivity index (χ0v) is 17.1. The van der Waals surface area contributed by atoms with Crippen LogP contribution in [-0.2, 0) is 6.54 Å². The van der Waals surface area contributed by atoms with Gasteiger partial charge in [-0.2, -0.15) is 0 Å². The molecule has 1 heterocycles. The monoisotopic (exact) mass is 409 g/mol. The van der Waals surface area contributed by atoms with Gasteiger partial charge in [-0.15, -0.1) is 0 Å². The summed E-state index contributed by atoms with van der Waals surface area (Å²) >= 11 is 6.04. The van der Waals surface area contributed by atoms with Crippen LogP contribution in [0.4, 0.5) is 5.69 Å². The quantitative estimate of drug-likeness (QED) is 0.361. The van der Waals surface area contributed by atoms with E-state index in [1.54, 1.807) is 24.3 Å². The maximum absolute atomic E-state index is 13.6. The van der Waals surface area contributed by atoms with Crippen LogP contribution >= 0.6 is 11.6 Å². The van der Waals surface area contributed by atoms with E-state index in [0.29, 0.717) is 17.1 Å². The second-order valence-electron chi connectivity index (χ2n) is 7.50. The van der Waals surface area contributed by atoms with Crippen molar-refractivity contribution < 1.29 is 4.79 Å². The molecule has 1 aliphatic rings. The number of amides is 1. The van der Waals surface area contributed by atoms with Crippen LogP contribution in [0, 0.1) is 0 Å². The van der Waals surface area contributed by atoms with E-state index >= 15 is 0 Å². The second-order valence-corrected chi connectivity index (χ2v) is 7.94. The lowest BCUT2D eigenvalue weighted by Crippen LogP contribution is -2.30. The molecule has 3 heteroatoms. The van der Waals surface area contributed by atoms with Gasteiger partial charge < -0.3 is 4.90 Å². The first-order chi connectivity index (χ1) is 14.7. The number of halogens is 1. The van der Waals surface area contributed by atoms with Crippen LogP contribution in [0.3, 0.4) is 0 Å². The Bertz CT molecular complexity index is 1200. The van der Waals surface area contributed by atoms with Gasteiger partial charge in [0.25, 0.3) is 5.91 Å². The molecule has 0 fully saturated rings. The molecule has 0 radical (unpaired) electrons. The van der Waals surface area contributed by atoms with Crippen molar-refractivity contribution in [2.45, 2.75) is 12.5 Å². The number of benzene rings is 4. The van der Waals surface area contributed by atoms with Crippen molar-refractivity contribution in [1.82, 2.24) is 0 Å². The predicted octanol–water partition coefficient (Wildman–Crippen LogP) is 6.68. The fourth-order valence-corrected chi connectivity index (χ4v) is 4.42. The van der Waals surface area contributed by atoms with Gasteiger partial charge in [0.15, 0.2) is 0 Å². The lowest BCUT2D eigenvalue weighted by Gasteiger charge is -2.24. The van der Waals surface area contributed by atoms with Crippen LogP contribution in [0.2, 0.25) is 5.02 Å². The molecule has 1 amide bonds. The van der Waals surface area contributed by atoms with E-state index < -0.39 is 0 Å². The van der Waals surface area contributed by atoms with E-state index in [2.05, 4.69) is 48.5 Å². The summed E-state index contributed by atoms with van der Waals surface area (Å²) in [5, 5.41) is 0.623. The first kappa shape index (κ1) is 18.7. The third-order valence-electron chi connectivity index (χ3n) is 5.70. The number of anilines is 1. The van der Waals surface area contributed by atoms with E-state index in [9.17, 15) is 4.79 Å². The molecule has 1 unspecified atom stereocenters. The number of hydrogen-bond donors (Lipinski definition) is 0. The topological polar surface area (TPSA) is 20.3 Å². The Hall–Kier alpha value is -3.36. The van der Waals surface area contributed by atoms with Crippen molar-refractivity contribution in [3.63, 3.8) is 0 Å². The number of fused-ring (bicyclic) bond motifs is 2. The average molecular weight is 410 g/mol. The highest BCUT2D eigenvalue weighted by molar-refractivity contribution is 6.30. The van der Waals surface area contributed by atoms with Crippen molar-refractivity contribution in [2.75, 3.05) is 4.90 Å². The van der Waals surface area contributed by atoms with Crippen LogP contribution in [0.25, 0.3) is 0 Å². The molecule has 1 aliphatic heterocycles. The lowest BCUT2D eigenvalue weighted by molar-refractivity contribution is 0.0985. The molecular weight excluding hydrogens is 390 g/mol. The van der Waals surface area contributed by atoms with Crippen molar-refractivity contribution in [2.24, 2.45) is 0 Å². The van der Waals surface area contributed by atoms with Crippen molar-refractivity contribution in [3.8, 4) is 0 Å². The predicted molar refractivity (Wildman–Crippen MR) is 122 cm³/mol. The van der Waals surface area contributed by atoms with E-state index in [-0.39, 0.29) is 11.8 Å². The number of para-hydroxylation sites is 1. The summed E-state index contributed by atoms with van der Waals surface area (Å²) in [6.07, 6.45) is 0. The molecule has 4 aromatic carbocycles. The fourth-order valence-electron chi connectivity index (χ4n) is 4.29. The Labute approximate surface area is 181 Å². The van der Waals surface area contributed by atoms with Gasteiger partial charge in [-0.05, 0) is 52.6 Å². The van der Waals surface area contributed by atoms with Crippen molar-refractivity contribution in [1.29, 1.82) is 0 Å². The maximum atomic E-state index is 13.6. The average Bonchev–Trinajstić information content (AvgIpc) is 2.94. The molecule has 0 aromatic heterocycles. The number of hydrogen-bond acceptors (Lipinski definition) is 1. The summed E-state index contributed by atoms with van der Waals surface area (Å²) in [7, 11) is 0. The van der Waals surface area contributed by atoms with Gasteiger partial charge in [0, 0.05) is 22.2 Å². The molecule has 2 nitrogen and oxygen atoms in total. The van der Waals surface area contributed by atoms with E-state index in [1.807, 2.05) is 35.2 Å². The number of carbonyl (C=O) groups is 1. The fraction of sp³-hybridized carbons (Fsp3) is 0.0741. The molecule has 30 heavy (non-hydrogen) atoms. The Morgan fingerprint density at radius 2 is 1.37 bits per heavy atom. The molecule has 0 N–H and O–H groups in total. The van der Waals surface area contributed by atoms with Gasteiger partial charge in [0.2, 0.25) is 0 Å². The smallest absolute Gasteiger partial charge is 0.258 e. The minimum atomic E-state index is -0.0253. The SMILES string of the molecule is O=C(c1ccc(Cl)cc1)N1Cc2ccccc2C(c2ccccc2)c2ccccc21. The number of carbonyl (C=O) groups excluding carboxylic acids is 1. The number of nitrogens with zero attached hydrogens (tertiary/aromatic N) is 1. The summed E-state index contributed by atoms with van der Waals surface area (Å²) in [6.45, 7) is 0.526. The normalized spacial score (nSPS) is 15.1. The zero-order chi connectivity index (χ0) is 20.5. The molecule has 146 valence electrons. The largest absolute Gasteiger partial charge is 0.304 e. The molecule has 1 atom stereocenters. The molecule has 0 saturated carbocycles. The van der Waals surface area contributed by atoms with Crippen molar-refractivity contribution in [3.05, 3.63) is 136 Å². The molecule has 4 aromatic rings. The van der Waals surface area contributed by atoms with Crippen LogP contribution in [0.5, 0.6) is 0 Å². The van der Waals surface area contributed by atoms with Crippen LogP contribution in [-0.4, -0.2) is 5.91 Å². The van der Waals surface area contributed by atoms with Crippen LogP contribution < -0.4 is 4.90 Å². The Balaban J connectivity index is 1.71. The molecule has 0 saturated heterocycles. The standard InChI is InChI=1S/C27H20ClNO/c28-22-16-14-20(15-17-22)27(30)29-18-21-10-4-5-11-23(21)26(19-8-2-1-3-9-19)24-12-6-7-13-25(24)29/h1-17,26H,18H2. The first-order valence-corrected chi connectivity index (χ1v) is 10.4. The van der Waals surface area contributed by atoms with E-state index in [4.69, 9.17) is 11.6 Å². The summed E-state index contributed by atoms with van der Waals surface area (Å²) < 4.78 is 0. The third-order valence-corrected chi connectivity index (χ3v) is 5.95. The lowest BCUT2D eigenvalue weighted by atomic mass is 9.83. The van der Waals surface area contributed by atoms with Gasteiger partial charge in [0.1, 0.15) is 0 Å². The minimum absolute atomic E-state index is 0.0253. The third kappa shape index (κ3) is 3.30. The number of rotatable bonds is 2. The Kier molecular flexibility index (Phi) is 4.86. The summed E-state index contributed by atoms with van der Waals surface area (Å²) in [5.41, 5.74) is 6.33. The van der Waals surface area contributed by atoms with Crippen LogP contribution in [0.1, 0.15) is 38.5 Å². The molecule has 0 bridgehead atoms. The van der Waals surface area contributed by atoms with Gasteiger partial charge >= 0.3 is 0 Å². The van der Waals surface area contributed by atoms with Gasteiger partial charge in [-0.3, -0.25) is 4.79 Å². The first-order valence-electron chi connectivity index (χ1n) is 10.0. The Morgan fingerprint density at radius 3 is 2.13 bits per heavy atom. The van der Waals surface area contributed by atoms with Crippen molar-refractivity contribution >= 4 is 23.2 Å². The molecular formula is C27H20ClNO. The van der Waals surface area contributed by atoms with Gasteiger partial charge in [-0.1, -0.05) is 84.4 Å². The summed E-state index contributed by atoms with van der Waals surface area (Å²) in [6, 6.07) is 34.3. The molecule has 0 spiro atoms.